The predicted molar refractivity (Wildman–Crippen MR) is 94.1 cm³/mol. The molecule has 0 saturated carbocycles. The van der Waals surface area contributed by atoms with Gasteiger partial charge in [0.05, 0.1) is 12.0 Å². The molecule has 2 rings (SSSR count). The number of nitrogens with zero attached hydrogens (tertiary/aromatic N) is 3. The molecule has 0 bridgehead atoms. The van der Waals surface area contributed by atoms with Crippen LogP contribution in [0.2, 0.25) is 0 Å². The standard InChI is InChI=1S/C12H17BrIN3OS/c1-19(2,3)5-4-18-8-17-12-10(11(14)16-17)6-9(13)7-15-12/h6-7H,4-5,8H2,1-3H3. The van der Waals surface area contributed by atoms with Crippen molar-refractivity contribution < 1.29 is 4.74 Å². The fourth-order valence-electron chi connectivity index (χ4n) is 1.55. The lowest BCUT2D eigenvalue weighted by molar-refractivity contribution is 0.0834. The summed E-state index contributed by atoms with van der Waals surface area (Å²) in [7, 11) is -0.499. The molecule has 0 amide bonds. The molecule has 2 heterocycles. The third kappa shape index (κ3) is 4.30. The number of ether oxygens (including phenoxy) is 1. The minimum absolute atomic E-state index is 0.462. The minimum Gasteiger partial charge on any atom is -0.358 e. The number of aromatic nitrogens is 3. The molecule has 0 aromatic carbocycles. The predicted octanol–water partition coefficient (Wildman–Crippen LogP) is 3.47. The number of fused-ring (bicyclic) bond motifs is 1. The Morgan fingerprint density at radius 1 is 1.42 bits per heavy atom. The summed E-state index contributed by atoms with van der Waals surface area (Å²) in [5.74, 6) is 1.11. The summed E-state index contributed by atoms with van der Waals surface area (Å²) in [6, 6.07) is 2.03. The summed E-state index contributed by atoms with van der Waals surface area (Å²) in [6.07, 6.45) is 8.67. The first-order valence-corrected chi connectivity index (χ1v) is 10.7. The van der Waals surface area contributed by atoms with Gasteiger partial charge in [-0.3, -0.25) is 0 Å². The summed E-state index contributed by atoms with van der Waals surface area (Å²) in [5.41, 5.74) is 0.871. The average molecular weight is 458 g/mol. The molecule has 2 aromatic rings. The smallest absolute Gasteiger partial charge is 0.161 e. The first-order chi connectivity index (χ1) is 8.87. The molecule has 0 N–H and O–H groups in total. The van der Waals surface area contributed by atoms with Crippen LogP contribution in [-0.2, 0) is 11.5 Å². The lowest BCUT2D eigenvalue weighted by Gasteiger charge is -2.24. The third-order valence-electron chi connectivity index (χ3n) is 2.56. The van der Waals surface area contributed by atoms with E-state index in [9.17, 15) is 0 Å². The molecule has 0 atom stereocenters. The van der Waals surface area contributed by atoms with Gasteiger partial charge in [-0.25, -0.2) is 19.7 Å². The zero-order valence-electron chi connectivity index (χ0n) is 11.2. The first-order valence-electron chi connectivity index (χ1n) is 5.78. The number of halogens is 2. The van der Waals surface area contributed by atoms with E-state index < -0.39 is 10.0 Å². The Bertz CT molecular complexity index is 582. The van der Waals surface area contributed by atoms with Gasteiger partial charge in [0.1, 0.15) is 10.4 Å². The van der Waals surface area contributed by atoms with Crippen molar-refractivity contribution in [2.75, 3.05) is 31.1 Å². The number of hydrogen-bond acceptors (Lipinski definition) is 3. The third-order valence-corrected chi connectivity index (χ3v) is 5.18. The van der Waals surface area contributed by atoms with E-state index in [4.69, 9.17) is 4.74 Å². The fraction of sp³-hybridized carbons (Fsp3) is 0.500. The van der Waals surface area contributed by atoms with Crippen LogP contribution in [0, 0.1) is 3.70 Å². The topological polar surface area (TPSA) is 39.9 Å². The van der Waals surface area contributed by atoms with Crippen molar-refractivity contribution in [3.05, 3.63) is 20.4 Å². The van der Waals surface area contributed by atoms with Crippen LogP contribution in [-0.4, -0.2) is 45.9 Å². The molecule has 0 fully saturated rings. The lowest BCUT2D eigenvalue weighted by Crippen LogP contribution is -2.11. The first kappa shape index (κ1) is 15.5. The normalized spacial score (nSPS) is 13.1. The van der Waals surface area contributed by atoms with Crippen LogP contribution in [0.3, 0.4) is 0 Å². The second-order valence-corrected chi connectivity index (χ2v) is 11.7. The molecule has 19 heavy (non-hydrogen) atoms. The van der Waals surface area contributed by atoms with E-state index in [0.717, 1.165) is 31.6 Å². The zero-order valence-corrected chi connectivity index (χ0v) is 15.8. The molecule has 0 unspecified atom stereocenters. The number of hydrogen-bond donors (Lipinski definition) is 0. The van der Waals surface area contributed by atoms with Crippen LogP contribution in [0.15, 0.2) is 16.7 Å². The van der Waals surface area contributed by atoms with E-state index >= 15 is 0 Å². The van der Waals surface area contributed by atoms with Crippen molar-refractivity contribution in [1.82, 2.24) is 14.8 Å². The van der Waals surface area contributed by atoms with Gasteiger partial charge < -0.3 is 4.74 Å². The largest absolute Gasteiger partial charge is 0.358 e. The molecule has 0 saturated heterocycles. The summed E-state index contributed by atoms with van der Waals surface area (Å²) >= 11 is 5.66. The summed E-state index contributed by atoms with van der Waals surface area (Å²) in [4.78, 5) is 4.40. The van der Waals surface area contributed by atoms with Gasteiger partial charge in [0.25, 0.3) is 0 Å². The van der Waals surface area contributed by atoms with Gasteiger partial charge in [-0.05, 0) is 63.4 Å². The van der Waals surface area contributed by atoms with Crippen molar-refractivity contribution in [2.45, 2.75) is 6.73 Å². The Morgan fingerprint density at radius 3 is 2.84 bits per heavy atom. The summed E-state index contributed by atoms with van der Waals surface area (Å²) < 4.78 is 9.45. The van der Waals surface area contributed by atoms with Crippen LogP contribution in [0.5, 0.6) is 0 Å². The molecule has 2 aromatic heterocycles. The fourth-order valence-corrected chi connectivity index (χ4v) is 3.15. The second kappa shape index (κ2) is 6.28. The highest BCUT2D eigenvalue weighted by Crippen LogP contribution is 2.33. The highest BCUT2D eigenvalue weighted by molar-refractivity contribution is 14.1. The molecular weight excluding hydrogens is 441 g/mol. The van der Waals surface area contributed by atoms with Crippen molar-refractivity contribution in [1.29, 1.82) is 0 Å². The number of rotatable bonds is 5. The average Bonchev–Trinajstić information content (AvgIpc) is 2.60. The maximum absolute atomic E-state index is 5.71. The SMILES string of the molecule is CS(C)(C)CCOCn1nc(I)c2cc(Br)cnc21. The van der Waals surface area contributed by atoms with E-state index in [2.05, 4.69) is 67.4 Å². The molecule has 0 radical (unpaired) electrons. The Kier molecular flexibility index (Phi) is 5.13. The Balaban J connectivity index is 2.05. The molecule has 4 nitrogen and oxygen atoms in total. The Morgan fingerprint density at radius 2 is 2.16 bits per heavy atom. The van der Waals surface area contributed by atoms with Gasteiger partial charge in [0.2, 0.25) is 0 Å². The molecule has 0 aliphatic heterocycles. The van der Waals surface area contributed by atoms with Gasteiger partial charge in [-0.15, -0.1) is 0 Å². The summed E-state index contributed by atoms with van der Waals surface area (Å²) in [6.45, 7) is 1.23. The van der Waals surface area contributed by atoms with Gasteiger partial charge in [-0.2, -0.15) is 5.10 Å². The quantitative estimate of drug-likeness (QED) is 0.509. The summed E-state index contributed by atoms with van der Waals surface area (Å²) in [5, 5.41) is 5.52. The van der Waals surface area contributed by atoms with E-state index in [1.807, 2.05) is 10.7 Å². The van der Waals surface area contributed by atoms with Gasteiger partial charge in [0.15, 0.2) is 5.65 Å². The maximum atomic E-state index is 5.71. The van der Waals surface area contributed by atoms with E-state index in [1.165, 1.54) is 0 Å². The molecule has 7 heteroatoms. The van der Waals surface area contributed by atoms with Crippen molar-refractivity contribution >= 4 is 59.6 Å². The number of pyridine rings is 1. The van der Waals surface area contributed by atoms with Crippen LogP contribution in [0.25, 0.3) is 11.0 Å². The van der Waals surface area contributed by atoms with Gasteiger partial charge >= 0.3 is 0 Å². The highest BCUT2D eigenvalue weighted by atomic mass is 127. The van der Waals surface area contributed by atoms with Crippen molar-refractivity contribution in [3.63, 3.8) is 0 Å². The Hall–Kier alpha value is 0.140. The van der Waals surface area contributed by atoms with E-state index in [-0.39, 0.29) is 0 Å². The van der Waals surface area contributed by atoms with Crippen LogP contribution in [0.1, 0.15) is 0 Å². The van der Waals surface area contributed by atoms with Crippen molar-refractivity contribution in [3.8, 4) is 0 Å². The lowest BCUT2D eigenvalue weighted by atomic mass is 10.4. The molecular formula is C12H17BrIN3OS. The minimum atomic E-state index is -0.499. The van der Waals surface area contributed by atoms with E-state index in [1.54, 1.807) is 6.20 Å². The maximum Gasteiger partial charge on any atom is 0.161 e. The van der Waals surface area contributed by atoms with Gasteiger partial charge in [0, 0.05) is 16.4 Å². The van der Waals surface area contributed by atoms with Gasteiger partial charge in [-0.1, -0.05) is 0 Å². The van der Waals surface area contributed by atoms with E-state index in [0.29, 0.717) is 6.73 Å². The van der Waals surface area contributed by atoms with Crippen LogP contribution in [0.4, 0.5) is 0 Å². The molecule has 0 spiro atoms. The zero-order chi connectivity index (χ0) is 14.0. The monoisotopic (exact) mass is 457 g/mol. The van der Waals surface area contributed by atoms with Crippen LogP contribution >= 0.6 is 48.5 Å². The van der Waals surface area contributed by atoms with Crippen molar-refractivity contribution in [2.24, 2.45) is 0 Å². The molecule has 106 valence electrons. The molecule has 0 aliphatic rings. The molecule has 0 aliphatic carbocycles. The highest BCUT2D eigenvalue weighted by Gasteiger charge is 2.10. The second-order valence-electron chi connectivity index (χ2n) is 5.15. The van der Waals surface area contributed by atoms with Crippen LogP contribution < -0.4 is 0 Å². The Labute approximate surface area is 136 Å².